The predicted molar refractivity (Wildman–Crippen MR) is 82.6 cm³/mol. The third kappa shape index (κ3) is 6.34. The maximum absolute atomic E-state index is 5.71. The van der Waals surface area contributed by atoms with Crippen LogP contribution in [0, 0.1) is 11.8 Å². The molecule has 0 bridgehead atoms. The average molecular weight is 258 g/mol. The normalized spacial score (nSPS) is 11.5. The Bertz CT molecular complexity index is 394. The molecule has 104 valence electrons. The van der Waals surface area contributed by atoms with E-state index in [-0.39, 0.29) is 0 Å². The van der Waals surface area contributed by atoms with Crippen molar-refractivity contribution in [3.8, 4) is 17.6 Å². The summed E-state index contributed by atoms with van der Waals surface area (Å²) in [6.07, 6.45) is 5.49. The van der Waals surface area contributed by atoms with Crippen molar-refractivity contribution in [2.75, 3.05) is 6.61 Å². The summed E-state index contributed by atoms with van der Waals surface area (Å²) in [4.78, 5) is 0. The first-order valence-electron chi connectivity index (χ1n) is 7.46. The van der Waals surface area contributed by atoms with Crippen LogP contribution in [0.5, 0.6) is 5.75 Å². The summed E-state index contributed by atoms with van der Waals surface area (Å²) in [6, 6.07) is 8.47. The molecular formula is C18H26O. The summed E-state index contributed by atoms with van der Waals surface area (Å²) in [7, 11) is 0. The van der Waals surface area contributed by atoms with Crippen molar-refractivity contribution in [3.63, 3.8) is 0 Å². The SMILES string of the molecule is CCC#CCC(C)c1ccc(OCCCCC)cc1. The van der Waals surface area contributed by atoms with E-state index in [9.17, 15) is 0 Å². The lowest BCUT2D eigenvalue weighted by Crippen LogP contribution is -1.98. The topological polar surface area (TPSA) is 9.23 Å². The van der Waals surface area contributed by atoms with Gasteiger partial charge in [0.1, 0.15) is 5.75 Å². The van der Waals surface area contributed by atoms with Crippen LogP contribution in [0.2, 0.25) is 0 Å². The molecular weight excluding hydrogens is 232 g/mol. The number of hydrogen-bond donors (Lipinski definition) is 0. The van der Waals surface area contributed by atoms with Gasteiger partial charge >= 0.3 is 0 Å². The van der Waals surface area contributed by atoms with Crippen molar-refractivity contribution in [2.45, 2.75) is 58.8 Å². The van der Waals surface area contributed by atoms with Crippen LogP contribution < -0.4 is 4.74 Å². The summed E-state index contributed by atoms with van der Waals surface area (Å²) in [5, 5.41) is 0. The lowest BCUT2D eigenvalue weighted by atomic mass is 9.98. The van der Waals surface area contributed by atoms with Gasteiger partial charge in [-0.3, -0.25) is 0 Å². The maximum atomic E-state index is 5.71. The highest BCUT2D eigenvalue weighted by atomic mass is 16.5. The van der Waals surface area contributed by atoms with E-state index in [1.165, 1.54) is 18.4 Å². The van der Waals surface area contributed by atoms with Crippen molar-refractivity contribution in [2.24, 2.45) is 0 Å². The second kappa shape index (κ2) is 9.50. The molecule has 0 saturated carbocycles. The standard InChI is InChI=1S/C18H26O/c1-4-6-8-10-16(3)17-11-13-18(14-12-17)19-15-9-7-5-2/h11-14,16H,4-5,7,9-10,15H2,1-3H3. The molecule has 1 atom stereocenters. The van der Waals surface area contributed by atoms with E-state index in [1.807, 2.05) is 0 Å². The Hall–Kier alpha value is -1.42. The van der Waals surface area contributed by atoms with Crippen molar-refractivity contribution in [1.29, 1.82) is 0 Å². The van der Waals surface area contributed by atoms with Crippen molar-refractivity contribution >= 4 is 0 Å². The van der Waals surface area contributed by atoms with Crippen LogP contribution in [0.1, 0.15) is 64.4 Å². The van der Waals surface area contributed by atoms with Gasteiger partial charge in [0.05, 0.1) is 6.61 Å². The first-order chi connectivity index (χ1) is 9.27. The van der Waals surface area contributed by atoms with Gasteiger partial charge in [-0.05, 0) is 30.0 Å². The second-order valence-corrected chi connectivity index (χ2v) is 4.94. The molecule has 1 nitrogen and oxygen atoms in total. The molecule has 0 radical (unpaired) electrons. The zero-order valence-electron chi connectivity index (χ0n) is 12.5. The molecule has 19 heavy (non-hydrogen) atoms. The molecule has 1 aromatic carbocycles. The summed E-state index contributed by atoms with van der Waals surface area (Å²) in [5.41, 5.74) is 1.34. The minimum absolute atomic E-state index is 0.494. The lowest BCUT2D eigenvalue weighted by Gasteiger charge is -2.10. The average Bonchev–Trinajstić information content (AvgIpc) is 2.44. The van der Waals surface area contributed by atoms with Crippen LogP contribution in [0.25, 0.3) is 0 Å². The number of rotatable bonds is 7. The molecule has 0 spiro atoms. The Morgan fingerprint density at radius 3 is 2.42 bits per heavy atom. The third-order valence-corrected chi connectivity index (χ3v) is 3.18. The molecule has 0 heterocycles. The minimum atomic E-state index is 0.494. The molecule has 0 amide bonds. The smallest absolute Gasteiger partial charge is 0.119 e. The van der Waals surface area contributed by atoms with E-state index in [0.717, 1.165) is 31.6 Å². The Kier molecular flexibility index (Phi) is 7.82. The number of ether oxygens (including phenoxy) is 1. The van der Waals surface area contributed by atoms with Crippen molar-refractivity contribution in [3.05, 3.63) is 29.8 Å². The number of hydrogen-bond acceptors (Lipinski definition) is 1. The van der Waals surface area contributed by atoms with E-state index in [0.29, 0.717) is 5.92 Å². The highest BCUT2D eigenvalue weighted by Gasteiger charge is 2.03. The van der Waals surface area contributed by atoms with Crippen LogP contribution in [0.15, 0.2) is 24.3 Å². The molecule has 1 rings (SSSR count). The van der Waals surface area contributed by atoms with E-state index < -0.39 is 0 Å². The van der Waals surface area contributed by atoms with Gasteiger partial charge in [0, 0.05) is 12.8 Å². The van der Waals surface area contributed by atoms with E-state index in [1.54, 1.807) is 0 Å². The molecule has 0 N–H and O–H groups in total. The van der Waals surface area contributed by atoms with Crippen LogP contribution in [-0.2, 0) is 0 Å². The summed E-state index contributed by atoms with van der Waals surface area (Å²) in [5.74, 6) is 7.81. The molecule has 0 saturated heterocycles. The number of unbranched alkanes of at least 4 members (excludes halogenated alkanes) is 2. The summed E-state index contributed by atoms with van der Waals surface area (Å²) in [6.45, 7) is 7.34. The molecule has 0 aliphatic heterocycles. The van der Waals surface area contributed by atoms with E-state index in [4.69, 9.17) is 4.74 Å². The van der Waals surface area contributed by atoms with Gasteiger partial charge in [-0.1, -0.05) is 45.7 Å². The van der Waals surface area contributed by atoms with Gasteiger partial charge in [-0.2, -0.15) is 0 Å². The van der Waals surface area contributed by atoms with Gasteiger partial charge in [-0.15, -0.1) is 11.8 Å². The van der Waals surface area contributed by atoms with E-state index >= 15 is 0 Å². The lowest BCUT2D eigenvalue weighted by molar-refractivity contribution is 0.306. The second-order valence-electron chi connectivity index (χ2n) is 4.94. The zero-order chi connectivity index (χ0) is 13.9. The predicted octanol–water partition coefficient (Wildman–Crippen LogP) is 5.16. The first-order valence-corrected chi connectivity index (χ1v) is 7.46. The Morgan fingerprint density at radius 2 is 1.79 bits per heavy atom. The van der Waals surface area contributed by atoms with Gasteiger partial charge in [-0.25, -0.2) is 0 Å². The molecule has 0 aliphatic rings. The quantitative estimate of drug-likeness (QED) is 0.484. The number of benzene rings is 1. The molecule has 0 aromatic heterocycles. The molecule has 0 fully saturated rings. The summed E-state index contributed by atoms with van der Waals surface area (Å²) < 4.78 is 5.71. The largest absolute Gasteiger partial charge is 0.494 e. The Balaban J connectivity index is 2.42. The molecule has 1 unspecified atom stereocenters. The Labute approximate surface area is 118 Å². The van der Waals surface area contributed by atoms with Gasteiger partial charge in [0.15, 0.2) is 0 Å². The molecule has 1 heteroatoms. The van der Waals surface area contributed by atoms with Crippen LogP contribution in [-0.4, -0.2) is 6.61 Å². The molecule has 0 aliphatic carbocycles. The zero-order valence-corrected chi connectivity index (χ0v) is 12.5. The maximum Gasteiger partial charge on any atom is 0.119 e. The van der Waals surface area contributed by atoms with Crippen molar-refractivity contribution < 1.29 is 4.74 Å². The minimum Gasteiger partial charge on any atom is -0.494 e. The van der Waals surface area contributed by atoms with Gasteiger partial charge in [0.25, 0.3) is 0 Å². The van der Waals surface area contributed by atoms with Crippen LogP contribution >= 0.6 is 0 Å². The highest BCUT2D eigenvalue weighted by Crippen LogP contribution is 2.21. The summed E-state index contributed by atoms with van der Waals surface area (Å²) >= 11 is 0. The fourth-order valence-corrected chi connectivity index (χ4v) is 1.90. The monoisotopic (exact) mass is 258 g/mol. The third-order valence-electron chi connectivity index (χ3n) is 3.18. The van der Waals surface area contributed by atoms with Crippen LogP contribution in [0.4, 0.5) is 0 Å². The highest BCUT2D eigenvalue weighted by molar-refractivity contribution is 5.29. The van der Waals surface area contributed by atoms with E-state index in [2.05, 4.69) is 56.9 Å². The first kappa shape index (κ1) is 15.6. The fraction of sp³-hybridized carbons (Fsp3) is 0.556. The van der Waals surface area contributed by atoms with Gasteiger partial charge in [0.2, 0.25) is 0 Å². The van der Waals surface area contributed by atoms with Gasteiger partial charge < -0.3 is 4.74 Å². The van der Waals surface area contributed by atoms with Crippen molar-refractivity contribution in [1.82, 2.24) is 0 Å². The molecule has 1 aromatic rings. The fourth-order valence-electron chi connectivity index (χ4n) is 1.90. The Morgan fingerprint density at radius 1 is 1.05 bits per heavy atom. The van der Waals surface area contributed by atoms with Crippen LogP contribution in [0.3, 0.4) is 0 Å².